The van der Waals surface area contributed by atoms with Crippen LogP contribution in [0, 0.1) is 6.92 Å². The minimum atomic E-state index is -1.13. The summed E-state index contributed by atoms with van der Waals surface area (Å²) in [7, 11) is 0. The van der Waals surface area contributed by atoms with E-state index in [4.69, 9.17) is 20.2 Å². The first-order chi connectivity index (χ1) is 19.6. The summed E-state index contributed by atoms with van der Waals surface area (Å²) in [6, 6.07) is 5.32. The maximum atomic E-state index is 13.9. The predicted octanol–water partition coefficient (Wildman–Crippen LogP) is 1.54. The molecule has 3 heterocycles. The van der Waals surface area contributed by atoms with Crippen LogP contribution in [0.15, 0.2) is 18.2 Å². The number of nitrogens with two attached hydrogens (primary N) is 1. The molecule has 4 N–H and O–H groups in total. The number of aromatic nitrogens is 5. The number of carbonyl (C=O) groups is 4. The molecule has 1 fully saturated rings. The van der Waals surface area contributed by atoms with Crippen LogP contribution < -0.4 is 10.5 Å². The van der Waals surface area contributed by atoms with E-state index in [1.54, 1.807) is 26.0 Å². The molecule has 218 valence electrons. The number of nitrogens with zero attached hydrogens (tertiary/aromatic N) is 6. The van der Waals surface area contributed by atoms with E-state index in [0.717, 1.165) is 5.56 Å². The third kappa shape index (κ3) is 6.50. The molecule has 1 aromatic carbocycles. The molecule has 1 saturated heterocycles. The smallest absolute Gasteiger partial charge is 0.409 e. The molecule has 1 aliphatic rings. The number of H-pyrrole nitrogens is 1. The number of amides is 3. The zero-order valence-electron chi connectivity index (χ0n) is 23.0. The Hall–Kier alpha value is -4.82. The second kappa shape index (κ2) is 12.6. The molecule has 0 aliphatic carbocycles. The largest absolute Gasteiger partial charge is 0.481 e. The van der Waals surface area contributed by atoms with Crippen molar-refractivity contribution in [3.63, 3.8) is 0 Å². The zero-order chi connectivity index (χ0) is 29.7. The molecule has 4 rings (SSSR count). The molecular weight excluding hydrogens is 536 g/mol. The van der Waals surface area contributed by atoms with E-state index in [-0.39, 0.29) is 68.5 Å². The summed E-state index contributed by atoms with van der Waals surface area (Å²) in [6.07, 6.45) is -1.74. The number of primary amides is 1. The number of rotatable bonds is 10. The number of aryl methyl sites for hydroxylation is 1. The van der Waals surface area contributed by atoms with E-state index >= 15 is 0 Å². The van der Waals surface area contributed by atoms with Gasteiger partial charge in [-0.3, -0.25) is 19.4 Å². The first-order valence-corrected chi connectivity index (χ1v) is 13.2. The van der Waals surface area contributed by atoms with Crippen molar-refractivity contribution in [1.29, 1.82) is 0 Å². The standard InChI is InChI=1S/C26H32N8O7/c1-4-40-26(39)34-11-9-33(10-12-34)25(38)17(7-8-19(35)36)21-20(23(27)37)22(41-15(3)24-29-31-32-30-24)16-6-5-14(2)13-18(16)28-21/h5-6,13,15,17H,4,7-12H2,1-3H3,(H2,27,37)(H,35,36)(H,29,30,31,32). The minimum absolute atomic E-state index is 0.0185. The van der Waals surface area contributed by atoms with Gasteiger partial charge in [0.25, 0.3) is 5.91 Å². The summed E-state index contributed by atoms with van der Waals surface area (Å²) >= 11 is 0. The highest BCUT2D eigenvalue weighted by Crippen LogP contribution is 2.38. The van der Waals surface area contributed by atoms with Crippen molar-refractivity contribution in [2.45, 2.75) is 45.6 Å². The Kier molecular flexibility index (Phi) is 8.94. The van der Waals surface area contributed by atoms with Crippen molar-refractivity contribution >= 4 is 34.8 Å². The van der Waals surface area contributed by atoms with Crippen molar-refractivity contribution in [3.05, 3.63) is 40.8 Å². The van der Waals surface area contributed by atoms with E-state index in [2.05, 4.69) is 20.6 Å². The van der Waals surface area contributed by atoms with E-state index in [0.29, 0.717) is 10.9 Å². The van der Waals surface area contributed by atoms with Gasteiger partial charge in [0.15, 0.2) is 6.10 Å². The number of fused-ring (bicyclic) bond motifs is 1. The highest BCUT2D eigenvalue weighted by Gasteiger charge is 2.36. The Morgan fingerprint density at radius 2 is 1.85 bits per heavy atom. The van der Waals surface area contributed by atoms with Gasteiger partial charge in [-0.05, 0) is 44.9 Å². The predicted molar refractivity (Wildman–Crippen MR) is 143 cm³/mol. The van der Waals surface area contributed by atoms with Crippen LogP contribution in [0.4, 0.5) is 4.79 Å². The minimum Gasteiger partial charge on any atom is -0.481 e. The van der Waals surface area contributed by atoms with Gasteiger partial charge < -0.3 is 30.1 Å². The molecule has 0 spiro atoms. The number of carboxylic acid groups (broad SMARTS) is 1. The molecule has 3 aromatic rings. The van der Waals surface area contributed by atoms with E-state index in [1.807, 2.05) is 13.0 Å². The maximum Gasteiger partial charge on any atom is 0.409 e. The number of hydrogen-bond acceptors (Lipinski definition) is 10. The van der Waals surface area contributed by atoms with Crippen molar-refractivity contribution in [2.24, 2.45) is 5.73 Å². The van der Waals surface area contributed by atoms with Crippen LogP contribution in [0.5, 0.6) is 5.75 Å². The van der Waals surface area contributed by atoms with Crippen molar-refractivity contribution in [3.8, 4) is 5.75 Å². The molecule has 1 aliphatic heterocycles. The molecule has 0 radical (unpaired) electrons. The third-order valence-electron chi connectivity index (χ3n) is 6.78. The van der Waals surface area contributed by atoms with Crippen LogP contribution in [0.2, 0.25) is 0 Å². The third-order valence-corrected chi connectivity index (χ3v) is 6.78. The number of ether oxygens (including phenoxy) is 2. The number of tetrazole rings is 1. The van der Waals surface area contributed by atoms with Crippen molar-refractivity contribution in [1.82, 2.24) is 35.4 Å². The highest BCUT2D eigenvalue weighted by molar-refractivity contribution is 6.04. The molecule has 15 heteroatoms. The summed E-state index contributed by atoms with van der Waals surface area (Å²) in [5, 5.41) is 23.7. The molecule has 3 amide bonds. The van der Waals surface area contributed by atoms with Gasteiger partial charge in [0.1, 0.15) is 11.3 Å². The number of aromatic amines is 1. The fourth-order valence-electron chi connectivity index (χ4n) is 4.74. The fraction of sp³-hybridized carbons (Fsp3) is 0.462. The number of aliphatic carboxylic acids is 1. The van der Waals surface area contributed by atoms with Gasteiger partial charge in [0, 0.05) is 38.0 Å². The number of hydrogen-bond donors (Lipinski definition) is 3. The number of benzene rings is 1. The molecule has 2 aromatic heterocycles. The molecule has 2 unspecified atom stereocenters. The number of nitrogens with one attached hydrogen (secondary N) is 1. The molecule has 41 heavy (non-hydrogen) atoms. The van der Waals surface area contributed by atoms with E-state index in [9.17, 15) is 24.3 Å². The molecule has 15 nitrogen and oxygen atoms in total. The van der Waals surface area contributed by atoms with Gasteiger partial charge in [-0.2, -0.15) is 5.21 Å². The van der Waals surface area contributed by atoms with Gasteiger partial charge in [0.2, 0.25) is 11.7 Å². The monoisotopic (exact) mass is 568 g/mol. The highest BCUT2D eigenvalue weighted by atomic mass is 16.6. The Morgan fingerprint density at radius 1 is 1.15 bits per heavy atom. The fourth-order valence-corrected chi connectivity index (χ4v) is 4.74. The van der Waals surface area contributed by atoms with Crippen molar-refractivity contribution in [2.75, 3.05) is 32.8 Å². The lowest BCUT2D eigenvalue weighted by molar-refractivity contribution is -0.138. The molecule has 0 bridgehead atoms. The van der Waals surface area contributed by atoms with Gasteiger partial charge in [-0.15, -0.1) is 10.2 Å². The second-order valence-corrected chi connectivity index (χ2v) is 9.61. The molecular formula is C26H32N8O7. The van der Waals surface area contributed by atoms with Gasteiger partial charge in [0.05, 0.1) is 23.7 Å². The van der Waals surface area contributed by atoms with Gasteiger partial charge >= 0.3 is 12.1 Å². The topological polar surface area (TPSA) is 207 Å². The molecule has 0 saturated carbocycles. The quantitative estimate of drug-likeness (QED) is 0.320. The first-order valence-electron chi connectivity index (χ1n) is 13.2. The van der Waals surface area contributed by atoms with Crippen LogP contribution in [-0.4, -0.2) is 97.2 Å². The summed E-state index contributed by atoms with van der Waals surface area (Å²) in [4.78, 5) is 58.4. The van der Waals surface area contributed by atoms with Crippen LogP contribution in [0.25, 0.3) is 10.9 Å². The maximum absolute atomic E-state index is 13.9. The SMILES string of the molecule is CCOC(=O)N1CCN(C(=O)C(CCC(=O)O)c2nc3cc(C)ccc3c(OC(C)c3nn[nH]n3)c2C(N)=O)CC1. The normalized spacial score (nSPS) is 14.9. The van der Waals surface area contributed by atoms with Gasteiger partial charge in [-0.1, -0.05) is 11.3 Å². The van der Waals surface area contributed by atoms with Crippen LogP contribution in [-0.2, 0) is 14.3 Å². The Balaban J connectivity index is 1.79. The number of carboxylic acids is 1. The summed E-state index contributed by atoms with van der Waals surface area (Å²) < 4.78 is 11.2. The lowest BCUT2D eigenvalue weighted by atomic mass is 9.91. The van der Waals surface area contributed by atoms with Crippen LogP contribution in [0.3, 0.4) is 0 Å². The number of pyridine rings is 1. The Morgan fingerprint density at radius 3 is 2.46 bits per heavy atom. The average Bonchev–Trinajstić information content (AvgIpc) is 3.48. The molecule has 2 atom stereocenters. The first kappa shape index (κ1) is 29.2. The zero-order valence-corrected chi connectivity index (χ0v) is 23.0. The summed E-state index contributed by atoms with van der Waals surface area (Å²) in [5.74, 6) is -3.28. The number of piperazine rings is 1. The van der Waals surface area contributed by atoms with Crippen molar-refractivity contribution < 1.29 is 33.8 Å². The van der Waals surface area contributed by atoms with Gasteiger partial charge in [-0.25, -0.2) is 4.79 Å². The Labute approximate surface area is 235 Å². The number of carbonyl (C=O) groups excluding carboxylic acids is 3. The summed E-state index contributed by atoms with van der Waals surface area (Å²) in [5.41, 5.74) is 7.06. The Bertz CT molecular complexity index is 1440. The van der Waals surface area contributed by atoms with Crippen LogP contribution in [0.1, 0.15) is 66.2 Å². The lowest BCUT2D eigenvalue weighted by Crippen LogP contribution is -2.52. The summed E-state index contributed by atoms with van der Waals surface area (Å²) in [6.45, 7) is 6.32. The second-order valence-electron chi connectivity index (χ2n) is 9.61. The average molecular weight is 569 g/mol. The van der Waals surface area contributed by atoms with E-state index < -0.39 is 35.9 Å². The lowest BCUT2D eigenvalue weighted by Gasteiger charge is -2.36. The van der Waals surface area contributed by atoms with E-state index in [1.165, 1.54) is 9.80 Å². The van der Waals surface area contributed by atoms with Crippen LogP contribution >= 0.6 is 0 Å².